The third-order valence-corrected chi connectivity index (χ3v) is 3.75. The second-order valence-corrected chi connectivity index (χ2v) is 5.31. The summed E-state index contributed by atoms with van der Waals surface area (Å²) in [5.74, 6) is 1.34. The quantitative estimate of drug-likeness (QED) is 0.811. The van der Waals surface area contributed by atoms with Crippen LogP contribution in [0.4, 0.5) is 0 Å². The van der Waals surface area contributed by atoms with Crippen LogP contribution < -0.4 is 4.74 Å². The maximum absolute atomic E-state index is 12.3. The van der Waals surface area contributed by atoms with E-state index < -0.39 is 0 Å². The molecular weight excluding hydrogens is 270 g/mol. The highest BCUT2D eigenvalue weighted by molar-refractivity contribution is 6.05. The van der Waals surface area contributed by atoms with E-state index in [-0.39, 0.29) is 11.7 Å². The predicted molar refractivity (Wildman–Crippen MR) is 75.7 cm³/mol. The van der Waals surface area contributed by atoms with Crippen LogP contribution in [0, 0.1) is 5.92 Å². The average Bonchev–Trinajstić information content (AvgIpc) is 2.89. The van der Waals surface area contributed by atoms with Gasteiger partial charge in [-0.3, -0.25) is 9.59 Å². The standard InChI is InChI=1S/C16H15NO4/c1-9-6-11(19)15-13(7-9)21-17-16(15)14-10(8-18)4-3-5-12(14)20-2/h3-5,8-9H,6-7H2,1-2H3. The zero-order valence-electron chi connectivity index (χ0n) is 11.9. The van der Waals surface area contributed by atoms with E-state index in [0.29, 0.717) is 46.7 Å². The van der Waals surface area contributed by atoms with Gasteiger partial charge in [-0.2, -0.15) is 0 Å². The molecule has 108 valence electrons. The van der Waals surface area contributed by atoms with Crippen LogP contribution >= 0.6 is 0 Å². The molecule has 0 fully saturated rings. The number of aromatic nitrogens is 1. The fraction of sp³-hybridized carbons (Fsp3) is 0.312. The molecule has 0 radical (unpaired) electrons. The summed E-state index contributed by atoms with van der Waals surface area (Å²) in [6, 6.07) is 5.13. The molecule has 5 heteroatoms. The number of ether oxygens (including phenoxy) is 1. The van der Waals surface area contributed by atoms with Gasteiger partial charge >= 0.3 is 0 Å². The van der Waals surface area contributed by atoms with Crippen LogP contribution in [0.1, 0.15) is 39.8 Å². The highest BCUT2D eigenvalue weighted by atomic mass is 16.5. The summed E-state index contributed by atoms with van der Waals surface area (Å²) < 4.78 is 10.6. The van der Waals surface area contributed by atoms with Crippen LogP contribution in [0.2, 0.25) is 0 Å². The smallest absolute Gasteiger partial charge is 0.168 e. The first-order chi connectivity index (χ1) is 10.2. The van der Waals surface area contributed by atoms with Crippen LogP contribution in [0.25, 0.3) is 11.3 Å². The zero-order valence-corrected chi connectivity index (χ0v) is 11.9. The van der Waals surface area contributed by atoms with Gasteiger partial charge in [0.2, 0.25) is 0 Å². The molecule has 0 aliphatic heterocycles. The van der Waals surface area contributed by atoms with Gasteiger partial charge < -0.3 is 9.26 Å². The van der Waals surface area contributed by atoms with Crippen LogP contribution in [0.3, 0.4) is 0 Å². The molecule has 0 saturated carbocycles. The van der Waals surface area contributed by atoms with Crippen molar-refractivity contribution in [3.63, 3.8) is 0 Å². The van der Waals surface area contributed by atoms with Crippen LogP contribution in [0.5, 0.6) is 5.75 Å². The first kappa shape index (κ1) is 13.5. The molecule has 1 unspecified atom stereocenters. The maximum Gasteiger partial charge on any atom is 0.168 e. The normalized spacial score (nSPS) is 17.4. The number of carbonyl (C=O) groups excluding carboxylic acids is 2. The maximum atomic E-state index is 12.3. The molecule has 3 rings (SSSR count). The van der Waals surface area contributed by atoms with E-state index in [1.165, 1.54) is 7.11 Å². The lowest BCUT2D eigenvalue weighted by Gasteiger charge is -2.16. The van der Waals surface area contributed by atoms with Crippen molar-refractivity contribution in [2.75, 3.05) is 7.11 Å². The molecule has 0 saturated heterocycles. The van der Waals surface area contributed by atoms with E-state index >= 15 is 0 Å². The Labute approximate surface area is 121 Å². The van der Waals surface area contributed by atoms with Crippen molar-refractivity contribution < 1.29 is 18.8 Å². The van der Waals surface area contributed by atoms with Crippen LogP contribution in [-0.4, -0.2) is 24.3 Å². The van der Waals surface area contributed by atoms with E-state index in [0.717, 1.165) is 6.29 Å². The van der Waals surface area contributed by atoms with Gasteiger partial charge in [-0.1, -0.05) is 24.2 Å². The number of hydrogen-bond donors (Lipinski definition) is 0. The van der Waals surface area contributed by atoms with Crippen molar-refractivity contribution >= 4 is 12.1 Å². The van der Waals surface area contributed by atoms with Crippen molar-refractivity contribution in [1.82, 2.24) is 5.16 Å². The molecule has 1 heterocycles. The second-order valence-electron chi connectivity index (χ2n) is 5.31. The number of benzene rings is 1. The molecule has 1 aromatic heterocycles. The summed E-state index contributed by atoms with van der Waals surface area (Å²) in [6.07, 6.45) is 1.88. The third-order valence-electron chi connectivity index (χ3n) is 3.75. The molecule has 1 aliphatic carbocycles. The molecule has 21 heavy (non-hydrogen) atoms. The third kappa shape index (κ3) is 2.14. The van der Waals surface area contributed by atoms with Crippen molar-refractivity contribution in [2.24, 2.45) is 5.92 Å². The van der Waals surface area contributed by atoms with Gasteiger partial charge in [0, 0.05) is 18.4 Å². The Morgan fingerprint density at radius 1 is 1.33 bits per heavy atom. The van der Waals surface area contributed by atoms with Gasteiger partial charge in [-0.05, 0) is 12.0 Å². The Morgan fingerprint density at radius 2 is 2.14 bits per heavy atom. The van der Waals surface area contributed by atoms with Gasteiger partial charge in [-0.15, -0.1) is 0 Å². The lowest BCUT2D eigenvalue weighted by atomic mass is 9.86. The van der Waals surface area contributed by atoms with E-state index in [4.69, 9.17) is 9.26 Å². The minimum Gasteiger partial charge on any atom is -0.496 e. The summed E-state index contributed by atoms with van der Waals surface area (Å²) in [5, 5.41) is 4.04. The first-order valence-corrected chi connectivity index (χ1v) is 6.80. The lowest BCUT2D eigenvalue weighted by Crippen LogP contribution is -2.17. The van der Waals surface area contributed by atoms with E-state index in [1.807, 2.05) is 6.92 Å². The van der Waals surface area contributed by atoms with Crippen molar-refractivity contribution in [3.8, 4) is 17.0 Å². The molecular formula is C16H15NO4. The summed E-state index contributed by atoms with van der Waals surface area (Å²) in [7, 11) is 1.52. The van der Waals surface area contributed by atoms with E-state index in [9.17, 15) is 9.59 Å². The fourth-order valence-corrected chi connectivity index (χ4v) is 2.80. The molecule has 2 aromatic rings. The minimum absolute atomic E-state index is 0.00255. The number of aldehydes is 1. The Morgan fingerprint density at radius 3 is 2.86 bits per heavy atom. The highest BCUT2D eigenvalue weighted by Crippen LogP contribution is 2.38. The Hall–Kier alpha value is -2.43. The number of rotatable bonds is 3. The summed E-state index contributed by atoms with van der Waals surface area (Å²) in [4.78, 5) is 23.6. The van der Waals surface area contributed by atoms with Crippen LogP contribution in [0.15, 0.2) is 22.7 Å². The molecule has 1 aromatic carbocycles. The van der Waals surface area contributed by atoms with Crippen molar-refractivity contribution in [2.45, 2.75) is 19.8 Å². The van der Waals surface area contributed by atoms with Gasteiger partial charge in [0.15, 0.2) is 12.1 Å². The Balaban J connectivity index is 2.24. The molecule has 5 nitrogen and oxygen atoms in total. The number of carbonyl (C=O) groups is 2. The summed E-state index contributed by atoms with van der Waals surface area (Å²) in [6.45, 7) is 2.00. The highest BCUT2D eigenvalue weighted by Gasteiger charge is 2.32. The number of nitrogens with zero attached hydrogens (tertiary/aromatic N) is 1. The zero-order chi connectivity index (χ0) is 15.0. The number of ketones is 1. The number of methoxy groups -OCH3 is 1. The average molecular weight is 285 g/mol. The Kier molecular flexibility index (Phi) is 3.33. The van der Waals surface area contributed by atoms with Gasteiger partial charge in [0.05, 0.1) is 18.2 Å². The monoisotopic (exact) mass is 285 g/mol. The number of fused-ring (bicyclic) bond motifs is 1. The van der Waals surface area contributed by atoms with Crippen LogP contribution in [-0.2, 0) is 6.42 Å². The molecule has 0 amide bonds. The van der Waals surface area contributed by atoms with Gasteiger partial charge in [0.1, 0.15) is 17.2 Å². The molecule has 0 N–H and O–H groups in total. The van der Waals surface area contributed by atoms with Crippen molar-refractivity contribution in [1.29, 1.82) is 0 Å². The first-order valence-electron chi connectivity index (χ1n) is 6.80. The van der Waals surface area contributed by atoms with Gasteiger partial charge in [0.25, 0.3) is 0 Å². The Bertz CT molecular complexity index is 717. The fourth-order valence-electron chi connectivity index (χ4n) is 2.80. The molecule has 1 atom stereocenters. The molecule has 0 bridgehead atoms. The summed E-state index contributed by atoms with van der Waals surface area (Å²) >= 11 is 0. The predicted octanol–water partition coefficient (Wildman–Crippen LogP) is 2.93. The SMILES string of the molecule is COc1cccc(C=O)c1-c1noc2c1C(=O)CC(C)C2. The van der Waals surface area contributed by atoms with E-state index in [2.05, 4.69) is 5.16 Å². The number of Topliss-reactive ketones (excluding diaryl/α,β-unsaturated/α-hetero) is 1. The largest absolute Gasteiger partial charge is 0.496 e. The van der Waals surface area contributed by atoms with Crippen molar-refractivity contribution in [3.05, 3.63) is 35.1 Å². The lowest BCUT2D eigenvalue weighted by molar-refractivity contribution is 0.0948. The second kappa shape index (κ2) is 5.16. The minimum atomic E-state index is 0.00255. The topological polar surface area (TPSA) is 69.4 Å². The van der Waals surface area contributed by atoms with Gasteiger partial charge in [-0.25, -0.2) is 0 Å². The molecule has 1 aliphatic rings. The van der Waals surface area contributed by atoms with E-state index in [1.54, 1.807) is 18.2 Å². The summed E-state index contributed by atoms with van der Waals surface area (Å²) in [5.41, 5.74) is 1.84. The number of hydrogen-bond acceptors (Lipinski definition) is 5. The molecule has 0 spiro atoms.